The summed E-state index contributed by atoms with van der Waals surface area (Å²) in [7, 11) is 0. The van der Waals surface area contributed by atoms with Gasteiger partial charge >= 0.3 is 6.09 Å². The normalized spacial score (nSPS) is 14.4. The van der Waals surface area contributed by atoms with Crippen LogP contribution in [0.15, 0.2) is 54.4 Å². The Balaban J connectivity index is 1.86. The summed E-state index contributed by atoms with van der Waals surface area (Å²) < 4.78 is 5.17. The van der Waals surface area contributed by atoms with Crippen LogP contribution in [0.2, 0.25) is 0 Å². The number of carbonyl (C=O) groups is 1. The molecule has 1 aromatic rings. The van der Waals surface area contributed by atoms with Gasteiger partial charge in [0, 0.05) is 11.9 Å². The molecule has 0 fully saturated rings. The van der Waals surface area contributed by atoms with Gasteiger partial charge in [-0.15, -0.1) is 0 Å². The zero-order chi connectivity index (χ0) is 12.1. The highest BCUT2D eigenvalue weighted by atomic mass is 16.6. The third kappa shape index (κ3) is 3.11. The third-order valence-corrected chi connectivity index (χ3v) is 2.37. The van der Waals surface area contributed by atoms with Gasteiger partial charge in [-0.2, -0.15) is 0 Å². The van der Waals surface area contributed by atoms with Crippen molar-refractivity contribution in [1.82, 2.24) is 4.90 Å². The topological polar surface area (TPSA) is 55.6 Å². The Morgan fingerprint density at radius 2 is 2.12 bits per heavy atom. The van der Waals surface area contributed by atoms with E-state index in [0.717, 1.165) is 5.56 Å². The Kier molecular flexibility index (Phi) is 3.45. The number of rotatable bonds is 2. The molecule has 1 aliphatic heterocycles. The predicted molar refractivity (Wildman–Crippen MR) is 64.7 cm³/mol. The number of hydrogen-bond donors (Lipinski definition) is 1. The summed E-state index contributed by atoms with van der Waals surface area (Å²) in [5.74, 6) is 0. The molecule has 88 valence electrons. The van der Waals surface area contributed by atoms with Crippen LogP contribution in [-0.2, 0) is 11.3 Å². The number of ether oxygens (including phenoxy) is 1. The first-order valence-corrected chi connectivity index (χ1v) is 5.36. The number of benzene rings is 1. The van der Waals surface area contributed by atoms with Gasteiger partial charge < -0.3 is 10.5 Å². The number of hydrogen-bond acceptors (Lipinski definition) is 3. The van der Waals surface area contributed by atoms with Crippen molar-refractivity contribution in [3.05, 3.63) is 59.9 Å². The highest BCUT2D eigenvalue weighted by molar-refractivity contribution is 5.69. The average molecular weight is 230 g/mol. The van der Waals surface area contributed by atoms with Gasteiger partial charge in [-0.1, -0.05) is 30.3 Å². The lowest BCUT2D eigenvalue weighted by atomic mass is 10.2. The quantitative estimate of drug-likeness (QED) is 0.845. The lowest BCUT2D eigenvalue weighted by Crippen LogP contribution is -2.31. The summed E-state index contributed by atoms with van der Waals surface area (Å²) >= 11 is 0. The van der Waals surface area contributed by atoms with Crippen LogP contribution in [0.1, 0.15) is 5.56 Å². The van der Waals surface area contributed by atoms with Crippen molar-refractivity contribution in [3.8, 4) is 0 Å². The second-order valence-corrected chi connectivity index (χ2v) is 3.75. The SMILES string of the molecule is NC1=CC=CN(C(=O)OCc2ccccc2)C1. The molecule has 0 aliphatic carbocycles. The molecule has 0 saturated heterocycles. The Labute approximate surface area is 100.0 Å². The first kappa shape index (κ1) is 11.3. The average Bonchev–Trinajstić information content (AvgIpc) is 2.37. The Morgan fingerprint density at radius 1 is 1.35 bits per heavy atom. The van der Waals surface area contributed by atoms with E-state index >= 15 is 0 Å². The molecule has 4 nitrogen and oxygen atoms in total. The van der Waals surface area contributed by atoms with Crippen molar-refractivity contribution in [3.63, 3.8) is 0 Å². The van der Waals surface area contributed by atoms with Gasteiger partial charge in [0.2, 0.25) is 0 Å². The molecule has 2 N–H and O–H groups in total. The van der Waals surface area contributed by atoms with Gasteiger partial charge in [-0.05, 0) is 17.7 Å². The molecule has 0 atom stereocenters. The van der Waals surface area contributed by atoms with Crippen LogP contribution in [0, 0.1) is 0 Å². The molecule has 17 heavy (non-hydrogen) atoms. The van der Waals surface area contributed by atoms with E-state index in [1.165, 1.54) is 4.90 Å². The van der Waals surface area contributed by atoms with Crippen LogP contribution in [0.3, 0.4) is 0 Å². The first-order valence-electron chi connectivity index (χ1n) is 5.36. The van der Waals surface area contributed by atoms with Crippen LogP contribution < -0.4 is 5.73 Å². The molecule has 0 radical (unpaired) electrons. The zero-order valence-corrected chi connectivity index (χ0v) is 9.37. The minimum atomic E-state index is -0.388. The third-order valence-electron chi connectivity index (χ3n) is 2.37. The molecule has 0 aromatic heterocycles. The van der Waals surface area contributed by atoms with Gasteiger partial charge in [0.15, 0.2) is 0 Å². The fourth-order valence-electron chi connectivity index (χ4n) is 1.50. The van der Waals surface area contributed by atoms with Crippen LogP contribution in [0.5, 0.6) is 0 Å². The van der Waals surface area contributed by atoms with Crippen molar-refractivity contribution < 1.29 is 9.53 Å². The molecule has 0 bridgehead atoms. The fraction of sp³-hybridized carbons (Fsp3) is 0.154. The number of amides is 1. The summed E-state index contributed by atoms with van der Waals surface area (Å²) in [6, 6.07) is 9.56. The fourth-order valence-corrected chi connectivity index (χ4v) is 1.50. The maximum absolute atomic E-state index is 11.7. The smallest absolute Gasteiger partial charge is 0.414 e. The minimum Gasteiger partial charge on any atom is -0.444 e. The van der Waals surface area contributed by atoms with E-state index in [4.69, 9.17) is 10.5 Å². The molecule has 2 rings (SSSR count). The zero-order valence-electron chi connectivity index (χ0n) is 9.37. The van der Waals surface area contributed by atoms with Gasteiger partial charge in [0.05, 0.1) is 6.54 Å². The van der Waals surface area contributed by atoms with E-state index < -0.39 is 0 Å². The molecule has 1 heterocycles. The summed E-state index contributed by atoms with van der Waals surface area (Å²) in [5.41, 5.74) is 7.24. The van der Waals surface area contributed by atoms with Crippen molar-refractivity contribution in [2.75, 3.05) is 6.54 Å². The van der Waals surface area contributed by atoms with E-state index in [-0.39, 0.29) is 12.7 Å². The number of nitrogens with two attached hydrogens (primary N) is 1. The van der Waals surface area contributed by atoms with Crippen LogP contribution in [0.25, 0.3) is 0 Å². The monoisotopic (exact) mass is 230 g/mol. The molecule has 0 spiro atoms. The van der Waals surface area contributed by atoms with Crippen molar-refractivity contribution in [1.29, 1.82) is 0 Å². The van der Waals surface area contributed by atoms with Crippen molar-refractivity contribution in [2.45, 2.75) is 6.61 Å². The van der Waals surface area contributed by atoms with Crippen LogP contribution in [-0.4, -0.2) is 17.5 Å². The van der Waals surface area contributed by atoms with E-state index in [1.807, 2.05) is 30.3 Å². The standard InChI is InChI=1S/C13H14N2O2/c14-12-7-4-8-15(9-12)13(16)17-10-11-5-2-1-3-6-11/h1-8H,9-10,14H2. The molecular formula is C13H14N2O2. The molecule has 1 aliphatic rings. The highest BCUT2D eigenvalue weighted by Crippen LogP contribution is 2.07. The lowest BCUT2D eigenvalue weighted by Gasteiger charge is -2.20. The molecule has 1 amide bonds. The van der Waals surface area contributed by atoms with Crippen LogP contribution >= 0.6 is 0 Å². The lowest BCUT2D eigenvalue weighted by molar-refractivity contribution is 0.112. The Hall–Kier alpha value is -2.23. The number of allylic oxidation sites excluding steroid dienone is 2. The van der Waals surface area contributed by atoms with Gasteiger partial charge in [-0.25, -0.2) is 4.79 Å². The summed E-state index contributed by atoms with van der Waals surface area (Å²) in [4.78, 5) is 13.1. The first-order chi connectivity index (χ1) is 8.25. The minimum absolute atomic E-state index is 0.271. The molecule has 0 saturated carbocycles. The maximum atomic E-state index is 11.7. The van der Waals surface area contributed by atoms with E-state index in [9.17, 15) is 4.79 Å². The summed E-state index contributed by atoms with van der Waals surface area (Å²) in [6.45, 7) is 0.651. The molecule has 1 aromatic carbocycles. The number of carbonyl (C=O) groups excluding carboxylic acids is 1. The van der Waals surface area contributed by atoms with Gasteiger partial charge in [0.25, 0.3) is 0 Å². The summed E-state index contributed by atoms with van der Waals surface area (Å²) in [6.07, 6.45) is 4.76. The van der Waals surface area contributed by atoms with Gasteiger partial charge in [0.1, 0.15) is 6.61 Å². The largest absolute Gasteiger partial charge is 0.444 e. The molecular weight excluding hydrogens is 216 g/mol. The van der Waals surface area contributed by atoms with E-state index in [1.54, 1.807) is 18.4 Å². The Morgan fingerprint density at radius 3 is 2.82 bits per heavy atom. The van der Waals surface area contributed by atoms with Crippen molar-refractivity contribution >= 4 is 6.09 Å². The van der Waals surface area contributed by atoms with Crippen molar-refractivity contribution in [2.24, 2.45) is 5.73 Å². The van der Waals surface area contributed by atoms with E-state index in [0.29, 0.717) is 12.2 Å². The van der Waals surface area contributed by atoms with Gasteiger partial charge in [-0.3, -0.25) is 4.90 Å². The molecule has 4 heteroatoms. The predicted octanol–water partition coefficient (Wildman–Crippen LogP) is 2.00. The Bertz CT molecular complexity index is 452. The second-order valence-electron chi connectivity index (χ2n) is 3.75. The molecule has 0 unspecified atom stereocenters. The maximum Gasteiger partial charge on any atom is 0.414 e. The highest BCUT2D eigenvalue weighted by Gasteiger charge is 2.14. The van der Waals surface area contributed by atoms with E-state index in [2.05, 4.69) is 0 Å². The second kappa shape index (κ2) is 5.21. The summed E-state index contributed by atoms with van der Waals surface area (Å²) in [5, 5.41) is 0. The number of nitrogens with zero attached hydrogens (tertiary/aromatic N) is 1. The van der Waals surface area contributed by atoms with Crippen LogP contribution in [0.4, 0.5) is 4.79 Å².